The number of halogens is 3. The molecule has 0 N–H and O–H groups in total. The van der Waals surface area contributed by atoms with Gasteiger partial charge in [0.1, 0.15) is 11.6 Å². The number of hydrogen-bond donors (Lipinski definition) is 0. The minimum atomic E-state index is -1.05. The zero-order valence-electron chi connectivity index (χ0n) is 15.2. The van der Waals surface area contributed by atoms with Crippen LogP contribution >= 0.6 is 0 Å². The normalized spacial score (nSPS) is 21.5. The van der Waals surface area contributed by atoms with Crippen LogP contribution in [0.5, 0.6) is 0 Å². The topological polar surface area (TPSA) is 0 Å². The van der Waals surface area contributed by atoms with Gasteiger partial charge in [-0.1, -0.05) is 50.6 Å². The van der Waals surface area contributed by atoms with E-state index in [1.54, 1.807) is 30.3 Å². The number of allylic oxidation sites excluding steroid dienone is 1. The van der Waals surface area contributed by atoms with Crippen LogP contribution in [0.25, 0.3) is 22.7 Å². The largest absolute Gasteiger partial charge is 0.208 e. The Bertz CT molecular complexity index is 827. The third-order valence-electron chi connectivity index (χ3n) is 5.56. The molecule has 0 radical (unpaired) electrons. The summed E-state index contributed by atoms with van der Waals surface area (Å²) in [5.41, 5.74) is 0.577. The molecular weight excluding hydrogens is 333 g/mol. The fourth-order valence-corrected chi connectivity index (χ4v) is 4.03. The second-order valence-electron chi connectivity index (χ2n) is 7.28. The molecule has 1 saturated carbocycles. The maximum absolute atomic E-state index is 14.8. The summed E-state index contributed by atoms with van der Waals surface area (Å²) in [4.78, 5) is 0. The van der Waals surface area contributed by atoms with E-state index in [1.165, 1.54) is 6.07 Å². The first-order chi connectivity index (χ1) is 12.5. The van der Waals surface area contributed by atoms with Crippen LogP contribution in [0.3, 0.4) is 0 Å². The zero-order chi connectivity index (χ0) is 18.7. The van der Waals surface area contributed by atoms with Gasteiger partial charge in [0, 0.05) is 16.9 Å². The van der Waals surface area contributed by atoms with E-state index in [4.69, 9.17) is 0 Å². The van der Waals surface area contributed by atoms with Crippen molar-refractivity contribution in [2.45, 2.75) is 45.4 Å². The third-order valence-corrected chi connectivity index (χ3v) is 5.56. The average Bonchev–Trinajstić information content (AvgIpc) is 2.67. The van der Waals surface area contributed by atoms with Crippen LogP contribution < -0.4 is 0 Å². The number of benzene rings is 2. The van der Waals surface area contributed by atoms with Crippen LogP contribution in [0, 0.1) is 17.7 Å². The van der Waals surface area contributed by atoms with Gasteiger partial charge in [-0.3, -0.25) is 0 Å². The van der Waals surface area contributed by atoms with Crippen LogP contribution in [0.4, 0.5) is 13.2 Å². The molecule has 26 heavy (non-hydrogen) atoms. The van der Waals surface area contributed by atoms with Crippen molar-refractivity contribution in [1.82, 2.24) is 0 Å². The second-order valence-corrected chi connectivity index (χ2v) is 7.28. The van der Waals surface area contributed by atoms with E-state index >= 15 is 0 Å². The molecule has 0 aliphatic heterocycles. The lowest BCUT2D eigenvalue weighted by Gasteiger charge is -2.27. The minimum absolute atomic E-state index is 0.281. The molecule has 138 valence electrons. The smallest absolute Gasteiger partial charge is 0.165 e. The van der Waals surface area contributed by atoms with Crippen molar-refractivity contribution in [3.63, 3.8) is 0 Å². The molecule has 0 unspecified atom stereocenters. The molecule has 1 aliphatic rings. The van der Waals surface area contributed by atoms with Crippen molar-refractivity contribution in [3.05, 3.63) is 59.7 Å². The molecule has 1 fully saturated rings. The highest BCUT2D eigenvalue weighted by Gasteiger charge is 2.27. The average molecular weight is 358 g/mol. The highest BCUT2D eigenvalue weighted by Crippen LogP contribution is 2.40. The van der Waals surface area contributed by atoms with Crippen molar-refractivity contribution in [2.24, 2.45) is 11.8 Å². The van der Waals surface area contributed by atoms with Crippen LogP contribution in [-0.4, -0.2) is 0 Å². The van der Waals surface area contributed by atoms with Gasteiger partial charge in [-0.05, 0) is 54.7 Å². The summed E-state index contributed by atoms with van der Waals surface area (Å²) in [6.45, 7) is 5.83. The lowest BCUT2D eigenvalue weighted by atomic mass is 9.79. The van der Waals surface area contributed by atoms with Crippen LogP contribution in [0.2, 0.25) is 0 Å². The highest BCUT2D eigenvalue weighted by atomic mass is 19.2. The molecule has 1 aliphatic carbocycles. The van der Waals surface area contributed by atoms with Gasteiger partial charge in [0.15, 0.2) is 5.83 Å². The highest BCUT2D eigenvalue weighted by molar-refractivity contribution is 5.88. The molecule has 0 heterocycles. The van der Waals surface area contributed by atoms with Gasteiger partial charge in [-0.15, -0.1) is 0 Å². The third kappa shape index (κ3) is 3.72. The Kier molecular flexibility index (Phi) is 5.85. The van der Waals surface area contributed by atoms with Gasteiger partial charge in [0.25, 0.3) is 0 Å². The van der Waals surface area contributed by atoms with E-state index in [0.717, 1.165) is 31.2 Å². The standard InChI is InChI=1S/C23H25F3/c1-3-5-16-6-9-17(10-7-16)21(24)23(26)20-13-11-18-14-15(4-2)8-12-19(18)22(20)25/h4,8,11-14,16-17H,2-3,5-7,9-10H2,1H3. The first-order valence-electron chi connectivity index (χ1n) is 9.45. The number of rotatable bonds is 5. The summed E-state index contributed by atoms with van der Waals surface area (Å²) in [6.07, 6.45) is 7.06. The molecule has 2 aromatic rings. The van der Waals surface area contributed by atoms with E-state index < -0.39 is 23.4 Å². The first kappa shape index (κ1) is 18.8. The monoisotopic (exact) mass is 358 g/mol. The maximum atomic E-state index is 14.8. The summed E-state index contributed by atoms with van der Waals surface area (Å²) >= 11 is 0. The fraction of sp³-hybridized carbons (Fsp3) is 0.391. The van der Waals surface area contributed by atoms with E-state index in [-0.39, 0.29) is 5.56 Å². The second kappa shape index (κ2) is 8.11. The number of fused-ring (bicyclic) bond motifs is 1. The maximum Gasteiger partial charge on any atom is 0.165 e. The SMILES string of the molecule is C=Cc1ccc2c(F)c(C(F)=C(F)C3CCC(CCC)CC3)ccc2c1. The van der Waals surface area contributed by atoms with E-state index in [2.05, 4.69) is 13.5 Å². The van der Waals surface area contributed by atoms with E-state index in [9.17, 15) is 13.2 Å². The van der Waals surface area contributed by atoms with Gasteiger partial charge in [-0.2, -0.15) is 0 Å². The summed E-state index contributed by atoms with van der Waals surface area (Å²) in [7, 11) is 0. The van der Waals surface area contributed by atoms with Crippen molar-refractivity contribution in [2.75, 3.05) is 0 Å². The Labute approximate surface area is 153 Å². The Balaban J connectivity index is 1.88. The van der Waals surface area contributed by atoms with Gasteiger partial charge >= 0.3 is 0 Å². The Morgan fingerprint density at radius 3 is 2.50 bits per heavy atom. The van der Waals surface area contributed by atoms with Crippen molar-refractivity contribution in [1.29, 1.82) is 0 Å². The summed E-state index contributed by atoms with van der Waals surface area (Å²) < 4.78 is 44.2. The lowest BCUT2D eigenvalue weighted by Crippen LogP contribution is -2.15. The predicted octanol–water partition coefficient (Wildman–Crippen LogP) is 7.84. The molecule has 0 atom stereocenters. The van der Waals surface area contributed by atoms with Crippen molar-refractivity contribution >= 4 is 22.7 Å². The molecule has 3 rings (SSSR count). The van der Waals surface area contributed by atoms with Crippen molar-refractivity contribution in [3.8, 4) is 0 Å². The molecule has 0 aromatic heterocycles. The molecule has 0 bridgehead atoms. The van der Waals surface area contributed by atoms with Gasteiger partial charge in [-0.25, -0.2) is 13.2 Å². The molecule has 2 aromatic carbocycles. The van der Waals surface area contributed by atoms with E-state index in [0.29, 0.717) is 29.5 Å². The molecule has 3 heteroatoms. The Morgan fingerprint density at radius 1 is 1.12 bits per heavy atom. The molecular formula is C23H25F3. The summed E-state index contributed by atoms with van der Waals surface area (Å²) in [6, 6.07) is 8.05. The zero-order valence-corrected chi connectivity index (χ0v) is 15.2. The predicted molar refractivity (Wildman–Crippen MR) is 103 cm³/mol. The lowest BCUT2D eigenvalue weighted by molar-refractivity contribution is 0.261. The first-order valence-corrected chi connectivity index (χ1v) is 9.45. The van der Waals surface area contributed by atoms with E-state index in [1.807, 2.05) is 0 Å². The van der Waals surface area contributed by atoms with Crippen molar-refractivity contribution < 1.29 is 13.2 Å². The fourth-order valence-electron chi connectivity index (χ4n) is 4.03. The molecule has 0 saturated heterocycles. The van der Waals surface area contributed by atoms with Crippen LogP contribution in [0.15, 0.2) is 42.7 Å². The van der Waals surface area contributed by atoms with Crippen LogP contribution in [-0.2, 0) is 0 Å². The van der Waals surface area contributed by atoms with Gasteiger partial charge in [0.2, 0.25) is 0 Å². The molecule has 0 nitrogen and oxygen atoms in total. The molecule has 0 amide bonds. The van der Waals surface area contributed by atoms with Gasteiger partial charge in [0.05, 0.1) is 0 Å². The summed E-state index contributed by atoms with van der Waals surface area (Å²) in [5.74, 6) is -2.35. The number of hydrogen-bond acceptors (Lipinski definition) is 0. The van der Waals surface area contributed by atoms with Crippen LogP contribution in [0.1, 0.15) is 56.6 Å². The minimum Gasteiger partial charge on any atom is -0.208 e. The Morgan fingerprint density at radius 2 is 1.85 bits per heavy atom. The Hall–Kier alpha value is -2.03. The summed E-state index contributed by atoms with van der Waals surface area (Å²) in [5, 5.41) is 0.944. The van der Waals surface area contributed by atoms with Gasteiger partial charge < -0.3 is 0 Å². The molecule has 0 spiro atoms. The quantitative estimate of drug-likeness (QED) is 0.511.